The van der Waals surface area contributed by atoms with Crippen LogP contribution >= 0.6 is 0 Å². The van der Waals surface area contributed by atoms with Crippen molar-refractivity contribution in [2.75, 3.05) is 0 Å². The van der Waals surface area contributed by atoms with Crippen LogP contribution in [-0.4, -0.2) is 29.9 Å². The van der Waals surface area contributed by atoms with E-state index in [0.717, 1.165) is 143 Å². The van der Waals surface area contributed by atoms with E-state index in [4.69, 9.17) is 38.7 Å². The molecule has 0 saturated carbocycles. The molecule has 410 valence electrons. The lowest BCUT2D eigenvalue weighted by Crippen LogP contribution is -2.01. The van der Waals surface area contributed by atoms with Crippen LogP contribution in [0, 0.1) is 0 Å². The Bertz CT molecular complexity index is 5480. The first kappa shape index (κ1) is 50.5. The molecular formula is C80H48N6O2. The molecular weight excluding hydrogens is 1080 g/mol. The van der Waals surface area contributed by atoms with E-state index in [1.807, 2.05) is 60.7 Å². The first-order chi connectivity index (χ1) is 43.6. The van der Waals surface area contributed by atoms with E-state index in [-0.39, 0.29) is 0 Å². The lowest BCUT2D eigenvalue weighted by atomic mass is 9.96. The van der Waals surface area contributed by atoms with Crippen LogP contribution in [0.15, 0.2) is 300 Å². The van der Waals surface area contributed by atoms with Crippen molar-refractivity contribution in [3.63, 3.8) is 0 Å². The highest BCUT2D eigenvalue weighted by atomic mass is 16.3. The molecule has 4 aromatic heterocycles. The van der Waals surface area contributed by atoms with Crippen LogP contribution in [0.3, 0.4) is 0 Å². The molecule has 0 aliphatic carbocycles. The smallest absolute Gasteiger partial charge is 0.164 e. The quantitative estimate of drug-likeness (QED) is 0.133. The van der Waals surface area contributed by atoms with Gasteiger partial charge in [0.15, 0.2) is 34.9 Å². The molecule has 0 saturated heterocycles. The first-order valence-electron chi connectivity index (χ1n) is 29.4. The van der Waals surface area contributed by atoms with Gasteiger partial charge in [-0.25, -0.2) is 29.9 Å². The summed E-state index contributed by atoms with van der Waals surface area (Å²) in [5, 5.41) is 8.17. The standard InChI is InChI=1S/C80H48N6O2/c1-4-18-49(19-5-1)52-24-13-29-58(45-52)77-82-78(59-30-14-25-53(46-59)50-20-6-2-7-21-50)86-80(85-77)69-36-17-34-65-62(69)40-42-67-70-48-57(38-43-72(70)88-74(65)67)55-27-12-26-54(44-55)56-28-15-31-60(47-56)76-81-75(51-22-8-3-9-23-51)83-79(84-76)68-35-16-33-64-61(68)39-41-66-63-32-10-11-37-71(63)87-73(64)66/h1-48H. The van der Waals surface area contributed by atoms with Gasteiger partial charge in [0.25, 0.3) is 0 Å². The summed E-state index contributed by atoms with van der Waals surface area (Å²) in [6, 6.07) is 101. The zero-order chi connectivity index (χ0) is 58.1. The summed E-state index contributed by atoms with van der Waals surface area (Å²) in [7, 11) is 0. The maximum Gasteiger partial charge on any atom is 0.164 e. The average Bonchev–Trinajstić information content (AvgIpc) is 2.78. The molecule has 0 radical (unpaired) electrons. The molecule has 8 nitrogen and oxygen atoms in total. The van der Waals surface area contributed by atoms with E-state index in [1.165, 1.54) is 0 Å². The average molecular weight is 1130 g/mol. The molecule has 0 amide bonds. The molecule has 88 heavy (non-hydrogen) atoms. The Labute approximate surface area is 505 Å². The van der Waals surface area contributed by atoms with E-state index in [1.54, 1.807) is 0 Å². The highest BCUT2D eigenvalue weighted by Gasteiger charge is 2.21. The van der Waals surface area contributed by atoms with Gasteiger partial charge in [0.1, 0.15) is 22.3 Å². The number of hydrogen-bond donors (Lipinski definition) is 0. The number of nitrogens with zero attached hydrogens (tertiary/aromatic N) is 6. The summed E-state index contributed by atoms with van der Waals surface area (Å²) in [4.78, 5) is 31.3. The predicted octanol–water partition coefficient (Wildman–Crippen LogP) is 20.8. The number of furan rings is 2. The van der Waals surface area contributed by atoms with Gasteiger partial charge in [-0.1, -0.05) is 237 Å². The lowest BCUT2D eigenvalue weighted by Gasteiger charge is -2.12. The zero-order valence-electron chi connectivity index (χ0n) is 47.2. The maximum absolute atomic E-state index is 6.84. The van der Waals surface area contributed by atoms with Crippen LogP contribution in [0.1, 0.15) is 0 Å². The number of aromatic nitrogens is 6. The number of benzene rings is 13. The molecule has 0 aliphatic rings. The van der Waals surface area contributed by atoms with Gasteiger partial charge in [0, 0.05) is 65.7 Å². The Morgan fingerprint density at radius 1 is 0.170 bits per heavy atom. The van der Waals surface area contributed by atoms with Crippen molar-refractivity contribution in [2.45, 2.75) is 0 Å². The fourth-order valence-electron chi connectivity index (χ4n) is 12.5. The van der Waals surface area contributed by atoms with Gasteiger partial charge in [0.2, 0.25) is 0 Å². The molecule has 4 heterocycles. The third-order valence-electron chi connectivity index (χ3n) is 16.8. The van der Waals surface area contributed by atoms with Crippen LogP contribution in [0.4, 0.5) is 0 Å². The summed E-state index contributed by atoms with van der Waals surface area (Å²) in [6.45, 7) is 0. The number of para-hydroxylation sites is 1. The van der Waals surface area contributed by atoms with Crippen molar-refractivity contribution >= 4 is 65.4 Å². The van der Waals surface area contributed by atoms with Crippen molar-refractivity contribution in [2.24, 2.45) is 0 Å². The summed E-state index contributed by atoms with van der Waals surface area (Å²) in [5.41, 5.74) is 17.3. The fraction of sp³-hybridized carbons (Fsp3) is 0. The van der Waals surface area contributed by atoms with Gasteiger partial charge in [-0.05, 0) is 110 Å². The molecule has 17 rings (SSSR count). The molecule has 0 aliphatic heterocycles. The third kappa shape index (κ3) is 8.94. The normalized spacial score (nSPS) is 11.6. The van der Waals surface area contributed by atoms with Crippen LogP contribution < -0.4 is 0 Å². The van der Waals surface area contributed by atoms with E-state index in [2.05, 4.69) is 231 Å². The van der Waals surface area contributed by atoms with Crippen molar-refractivity contribution in [1.82, 2.24) is 29.9 Å². The minimum absolute atomic E-state index is 0.574. The largest absolute Gasteiger partial charge is 0.455 e. The van der Waals surface area contributed by atoms with Crippen molar-refractivity contribution < 1.29 is 8.83 Å². The van der Waals surface area contributed by atoms with Gasteiger partial charge in [0.05, 0.1) is 0 Å². The van der Waals surface area contributed by atoms with Crippen LogP contribution in [-0.2, 0) is 0 Å². The van der Waals surface area contributed by atoms with Gasteiger partial charge in [-0.15, -0.1) is 0 Å². The van der Waals surface area contributed by atoms with Gasteiger partial charge >= 0.3 is 0 Å². The second kappa shape index (κ2) is 21.0. The second-order valence-corrected chi connectivity index (χ2v) is 22.1. The van der Waals surface area contributed by atoms with Crippen LogP contribution in [0.2, 0.25) is 0 Å². The Kier molecular flexibility index (Phi) is 12.0. The Hall–Kier alpha value is -12.0. The zero-order valence-corrected chi connectivity index (χ0v) is 47.2. The molecule has 0 unspecified atom stereocenters. The molecule has 0 atom stereocenters. The summed E-state index contributed by atoms with van der Waals surface area (Å²) >= 11 is 0. The SMILES string of the molecule is c1ccc(-c2cccc(-c3nc(-c4cccc(-c5ccccc5)c4)nc(-c4cccc5c4ccc4c6cc(-c7cccc(-c8cccc(-c9nc(-c%10ccccc%10)nc(-c%10cccc%11c%10ccc%10c%12ccccc%12oc%11%10)n9)c8)c7)ccc6oc54)n3)c2)cc1. The number of rotatable bonds is 10. The van der Waals surface area contributed by atoms with Crippen molar-refractivity contribution in [1.29, 1.82) is 0 Å². The van der Waals surface area contributed by atoms with Gasteiger partial charge < -0.3 is 8.83 Å². The van der Waals surface area contributed by atoms with Gasteiger partial charge in [-0.3, -0.25) is 0 Å². The monoisotopic (exact) mass is 1120 g/mol. The van der Waals surface area contributed by atoms with E-state index in [9.17, 15) is 0 Å². The first-order valence-corrected chi connectivity index (χ1v) is 29.4. The maximum atomic E-state index is 6.84. The summed E-state index contributed by atoms with van der Waals surface area (Å²) in [5.74, 6) is 3.52. The topological polar surface area (TPSA) is 104 Å². The molecule has 0 bridgehead atoms. The minimum Gasteiger partial charge on any atom is -0.455 e. The van der Waals surface area contributed by atoms with E-state index in [0.29, 0.717) is 34.9 Å². The summed E-state index contributed by atoms with van der Waals surface area (Å²) in [6.07, 6.45) is 0. The summed E-state index contributed by atoms with van der Waals surface area (Å²) < 4.78 is 13.3. The highest BCUT2D eigenvalue weighted by Crippen LogP contribution is 2.42. The highest BCUT2D eigenvalue weighted by molar-refractivity contribution is 6.19. The lowest BCUT2D eigenvalue weighted by molar-refractivity contribution is 0.672. The molecule has 0 fully saturated rings. The van der Waals surface area contributed by atoms with Crippen LogP contribution in [0.5, 0.6) is 0 Å². The van der Waals surface area contributed by atoms with E-state index >= 15 is 0 Å². The third-order valence-corrected chi connectivity index (χ3v) is 16.8. The van der Waals surface area contributed by atoms with Gasteiger partial charge in [-0.2, -0.15) is 0 Å². The Morgan fingerprint density at radius 2 is 0.477 bits per heavy atom. The van der Waals surface area contributed by atoms with Crippen molar-refractivity contribution in [3.8, 4) is 113 Å². The minimum atomic E-state index is 0.574. The van der Waals surface area contributed by atoms with E-state index < -0.39 is 0 Å². The molecule has 0 spiro atoms. The molecule has 17 aromatic rings. The fourth-order valence-corrected chi connectivity index (χ4v) is 12.5. The second-order valence-electron chi connectivity index (χ2n) is 22.1. The van der Waals surface area contributed by atoms with Crippen LogP contribution in [0.25, 0.3) is 178 Å². The number of fused-ring (bicyclic) bond motifs is 10. The number of hydrogen-bond acceptors (Lipinski definition) is 8. The van der Waals surface area contributed by atoms with Crippen molar-refractivity contribution in [3.05, 3.63) is 291 Å². The molecule has 0 N–H and O–H groups in total. The molecule has 8 heteroatoms. The Morgan fingerprint density at radius 3 is 0.966 bits per heavy atom. The predicted molar refractivity (Wildman–Crippen MR) is 357 cm³/mol. The Balaban J connectivity index is 0.727. The molecule has 13 aromatic carbocycles.